The number of carboxylic acid groups (broad SMARTS) is 1. The number of aliphatic carboxylic acids is 1. The summed E-state index contributed by atoms with van der Waals surface area (Å²) >= 11 is 0. The van der Waals surface area contributed by atoms with Gasteiger partial charge in [-0.15, -0.1) is 0 Å². The Labute approximate surface area is 112 Å². The second-order valence-electron chi connectivity index (χ2n) is 4.75. The fourth-order valence-electron chi connectivity index (χ4n) is 1.63. The van der Waals surface area contributed by atoms with E-state index in [0.717, 1.165) is 0 Å². The second kappa shape index (κ2) is 6.94. The summed E-state index contributed by atoms with van der Waals surface area (Å²) in [4.78, 5) is 22.8. The standard InChI is InChI=1S/C13H20N2O4/c1-8(2)11(13(17)18)15-9(3)12(16)14-7-10-5-4-6-19-10/h4-6,8-9,11,15H,7H2,1-3H3,(H,14,16)(H,17,18). The van der Waals surface area contributed by atoms with Crippen molar-refractivity contribution in [1.29, 1.82) is 0 Å². The first kappa shape index (κ1) is 15.2. The van der Waals surface area contributed by atoms with Crippen LogP contribution in [0, 0.1) is 5.92 Å². The number of amides is 1. The van der Waals surface area contributed by atoms with E-state index < -0.39 is 18.1 Å². The average Bonchev–Trinajstić information content (AvgIpc) is 2.84. The molecule has 0 radical (unpaired) electrons. The van der Waals surface area contributed by atoms with E-state index in [0.29, 0.717) is 5.76 Å². The highest BCUT2D eigenvalue weighted by Crippen LogP contribution is 2.04. The first-order valence-electron chi connectivity index (χ1n) is 6.20. The molecule has 6 nitrogen and oxygen atoms in total. The molecule has 1 aromatic rings. The van der Waals surface area contributed by atoms with Crippen LogP contribution in [0.25, 0.3) is 0 Å². The quantitative estimate of drug-likeness (QED) is 0.685. The van der Waals surface area contributed by atoms with Crippen LogP contribution in [0.5, 0.6) is 0 Å². The maximum atomic E-state index is 11.8. The van der Waals surface area contributed by atoms with E-state index in [1.165, 1.54) is 6.26 Å². The van der Waals surface area contributed by atoms with E-state index in [4.69, 9.17) is 9.52 Å². The lowest BCUT2D eigenvalue weighted by atomic mass is 10.0. The van der Waals surface area contributed by atoms with Crippen molar-refractivity contribution in [2.24, 2.45) is 5.92 Å². The van der Waals surface area contributed by atoms with Crippen molar-refractivity contribution in [2.75, 3.05) is 0 Å². The van der Waals surface area contributed by atoms with Gasteiger partial charge in [-0.2, -0.15) is 0 Å². The highest BCUT2D eigenvalue weighted by molar-refractivity contribution is 5.82. The van der Waals surface area contributed by atoms with Gasteiger partial charge >= 0.3 is 5.97 Å². The smallest absolute Gasteiger partial charge is 0.320 e. The Bertz CT molecular complexity index is 414. The van der Waals surface area contributed by atoms with Gasteiger partial charge < -0.3 is 14.8 Å². The summed E-state index contributed by atoms with van der Waals surface area (Å²) in [5.74, 6) is -0.666. The number of nitrogens with one attached hydrogen (secondary N) is 2. The van der Waals surface area contributed by atoms with Crippen LogP contribution in [0.1, 0.15) is 26.5 Å². The van der Waals surface area contributed by atoms with Crippen molar-refractivity contribution >= 4 is 11.9 Å². The van der Waals surface area contributed by atoms with E-state index in [1.54, 1.807) is 32.9 Å². The van der Waals surface area contributed by atoms with Crippen molar-refractivity contribution in [2.45, 2.75) is 39.4 Å². The number of carbonyl (C=O) groups excluding carboxylic acids is 1. The van der Waals surface area contributed by atoms with Gasteiger partial charge in [-0.25, -0.2) is 0 Å². The van der Waals surface area contributed by atoms with Crippen molar-refractivity contribution < 1.29 is 19.1 Å². The van der Waals surface area contributed by atoms with Gasteiger partial charge in [-0.3, -0.25) is 14.9 Å². The minimum atomic E-state index is -0.958. The van der Waals surface area contributed by atoms with Crippen molar-refractivity contribution in [3.63, 3.8) is 0 Å². The zero-order valence-corrected chi connectivity index (χ0v) is 11.3. The van der Waals surface area contributed by atoms with Gasteiger partial charge in [-0.1, -0.05) is 13.8 Å². The number of carboxylic acids is 1. The van der Waals surface area contributed by atoms with Gasteiger partial charge in [0.2, 0.25) is 5.91 Å². The minimum Gasteiger partial charge on any atom is -0.480 e. The SMILES string of the molecule is CC(NC(C(=O)O)C(C)C)C(=O)NCc1ccco1. The van der Waals surface area contributed by atoms with E-state index in [9.17, 15) is 9.59 Å². The fraction of sp³-hybridized carbons (Fsp3) is 0.538. The lowest BCUT2D eigenvalue weighted by Crippen LogP contribution is -2.51. The molecule has 0 fully saturated rings. The van der Waals surface area contributed by atoms with E-state index in [1.807, 2.05) is 0 Å². The lowest BCUT2D eigenvalue weighted by molar-refractivity contribution is -0.141. The van der Waals surface area contributed by atoms with Crippen LogP contribution in [0.15, 0.2) is 22.8 Å². The van der Waals surface area contributed by atoms with Gasteiger partial charge in [0, 0.05) is 0 Å². The molecule has 6 heteroatoms. The van der Waals surface area contributed by atoms with Crippen molar-refractivity contribution in [1.82, 2.24) is 10.6 Å². The zero-order chi connectivity index (χ0) is 14.4. The van der Waals surface area contributed by atoms with Crippen LogP contribution in [0.4, 0.5) is 0 Å². The third-order valence-electron chi connectivity index (χ3n) is 2.77. The third-order valence-corrected chi connectivity index (χ3v) is 2.77. The Morgan fingerprint density at radius 2 is 2.05 bits per heavy atom. The number of carbonyl (C=O) groups is 2. The Morgan fingerprint density at radius 1 is 1.37 bits per heavy atom. The largest absolute Gasteiger partial charge is 0.480 e. The molecule has 0 aromatic carbocycles. The molecular weight excluding hydrogens is 248 g/mol. The molecular formula is C13H20N2O4. The summed E-state index contributed by atoms with van der Waals surface area (Å²) < 4.78 is 5.09. The van der Waals surface area contributed by atoms with Crippen molar-refractivity contribution in [3.8, 4) is 0 Å². The van der Waals surface area contributed by atoms with Gasteiger partial charge in [0.25, 0.3) is 0 Å². The molecule has 2 atom stereocenters. The highest BCUT2D eigenvalue weighted by atomic mass is 16.4. The van der Waals surface area contributed by atoms with E-state index in [-0.39, 0.29) is 18.4 Å². The molecule has 1 amide bonds. The summed E-state index contributed by atoms with van der Waals surface area (Å²) in [6, 6.07) is 2.16. The summed E-state index contributed by atoms with van der Waals surface area (Å²) in [5.41, 5.74) is 0. The lowest BCUT2D eigenvalue weighted by Gasteiger charge is -2.22. The third kappa shape index (κ3) is 4.75. The molecule has 1 heterocycles. The summed E-state index contributed by atoms with van der Waals surface area (Å²) in [7, 11) is 0. The number of hydrogen-bond acceptors (Lipinski definition) is 4. The number of rotatable bonds is 7. The molecule has 19 heavy (non-hydrogen) atoms. The molecule has 1 rings (SSSR count). The fourth-order valence-corrected chi connectivity index (χ4v) is 1.63. The summed E-state index contributed by atoms with van der Waals surface area (Å²) in [6.07, 6.45) is 1.53. The maximum absolute atomic E-state index is 11.8. The molecule has 106 valence electrons. The monoisotopic (exact) mass is 268 g/mol. The van der Waals surface area contributed by atoms with Crippen LogP contribution in [-0.2, 0) is 16.1 Å². The molecule has 0 saturated carbocycles. The first-order valence-corrected chi connectivity index (χ1v) is 6.20. The van der Waals surface area contributed by atoms with Crippen LogP contribution in [0.3, 0.4) is 0 Å². The van der Waals surface area contributed by atoms with Gasteiger partial charge in [-0.05, 0) is 25.0 Å². The Balaban J connectivity index is 2.45. The van der Waals surface area contributed by atoms with E-state index in [2.05, 4.69) is 10.6 Å². The summed E-state index contributed by atoms with van der Waals surface area (Å²) in [6.45, 7) is 5.51. The van der Waals surface area contributed by atoms with E-state index >= 15 is 0 Å². The minimum absolute atomic E-state index is 0.0992. The number of hydrogen-bond donors (Lipinski definition) is 3. The Kier molecular flexibility index (Phi) is 5.57. The van der Waals surface area contributed by atoms with Gasteiger partial charge in [0.05, 0.1) is 18.8 Å². The molecule has 0 aliphatic rings. The van der Waals surface area contributed by atoms with Crippen LogP contribution >= 0.6 is 0 Å². The number of furan rings is 1. The van der Waals surface area contributed by atoms with Crippen LogP contribution < -0.4 is 10.6 Å². The summed E-state index contributed by atoms with van der Waals surface area (Å²) in [5, 5.41) is 14.5. The maximum Gasteiger partial charge on any atom is 0.320 e. The molecule has 0 saturated heterocycles. The van der Waals surface area contributed by atoms with Gasteiger partial charge in [0.1, 0.15) is 11.8 Å². The molecule has 0 spiro atoms. The average molecular weight is 268 g/mol. The predicted octanol–water partition coefficient (Wildman–Crippen LogP) is 0.983. The normalized spacial score (nSPS) is 14.1. The van der Waals surface area contributed by atoms with Crippen LogP contribution in [0.2, 0.25) is 0 Å². The molecule has 0 aliphatic heterocycles. The topological polar surface area (TPSA) is 91.6 Å². The second-order valence-corrected chi connectivity index (χ2v) is 4.75. The zero-order valence-electron chi connectivity index (χ0n) is 11.3. The Morgan fingerprint density at radius 3 is 2.53 bits per heavy atom. The van der Waals surface area contributed by atoms with Crippen molar-refractivity contribution in [3.05, 3.63) is 24.2 Å². The van der Waals surface area contributed by atoms with Gasteiger partial charge in [0.15, 0.2) is 0 Å². The molecule has 1 aromatic heterocycles. The molecule has 2 unspecified atom stereocenters. The Hall–Kier alpha value is -1.82. The van der Waals surface area contributed by atoms with Crippen LogP contribution in [-0.4, -0.2) is 29.1 Å². The molecule has 0 aliphatic carbocycles. The first-order chi connectivity index (χ1) is 8.91. The molecule has 0 bridgehead atoms. The predicted molar refractivity (Wildman–Crippen MR) is 69.4 cm³/mol. The highest BCUT2D eigenvalue weighted by Gasteiger charge is 2.25. The molecule has 3 N–H and O–H groups in total.